The minimum atomic E-state index is -0.268. The Hall–Kier alpha value is -1.76. The first kappa shape index (κ1) is 10.7. The summed E-state index contributed by atoms with van der Waals surface area (Å²) in [6.45, 7) is 0.552. The maximum atomic E-state index is 13.1. The molecule has 1 heterocycles. The summed E-state index contributed by atoms with van der Waals surface area (Å²) in [6, 6.07) is 6.76. The van der Waals surface area contributed by atoms with Crippen LogP contribution in [0, 0.1) is 17.1 Å². The molecule has 1 aliphatic rings. The molecule has 0 saturated carbocycles. The van der Waals surface area contributed by atoms with E-state index in [1.165, 1.54) is 12.1 Å². The Balaban J connectivity index is 2.21. The van der Waals surface area contributed by atoms with Crippen molar-refractivity contribution in [1.29, 1.82) is 5.26 Å². The van der Waals surface area contributed by atoms with Gasteiger partial charge in [-0.3, -0.25) is 0 Å². The van der Waals surface area contributed by atoms with Gasteiger partial charge in [-0.1, -0.05) is 0 Å². The van der Waals surface area contributed by atoms with Gasteiger partial charge in [-0.25, -0.2) is 4.39 Å². The smallest absolute Gasteiger partial charge is 0.142 e. The van der Waals surface area contributed by atoms with E-state index in [-0.39, 0.29) is 11.9 Å². The first-order chi connectivity index (χ1) is 7.72. The Morgan fingerprint density at radius 1 is 1.62 bits per heavy atom. The van der Waals surface area contributed by atoms with Gasteiger partial charge in [-0.2, -0.15) is 5.26 Å². The lowest BCUT2D eigenvalue weighted by molar-refractivity contribution is 0.260. The van der Waals surface area contributed by atoms with Gasteiger partial charge in [0.2, 0.25) is 0 Å². The SMILES string of the molecule is CN1c2cc(F)ccc2OCC1CCC#N. The zero-order chi connectivity index (χ0) is 11.5. The summed E-state index contributed by atoms with van der Waals surface area (Å²) in [6.07, 6.45) is 1.23. The lowest BCUT2D eigenvalue weighted by atomic mass is 10.1. The van der Waals surface area contributed by atoms with Crippen LogP contribution >= 0.6 is 0 Å². The molecule has 1 aliphatic heterocycles. The molecule has 84 valence electrons. The van der Waals surface area contributed by atoms with Gasteiger partial charge in [-0.05, 0) is 18.6 Å². The average Bonchev–Trinajstić information content (AvgIpc) is 2.29. The second-order valence-corrected chi connectivity index (χ2v) is 3.88. The van der Waals surface area contributed by atoms with E-state index in [4.69, 9.17) is 10.00 Å². The van der Waals surface area contributed by atoms with Gasteiger partial charge in [0.25, 0.3) is 0 Å². The highest BCUT2D eigenvalue weighted by Crippen LogP contribution is 2.34. The standard InChI is InChI=1S/C12H13FN2O/c1-15-10(3-2-6-14)8-16-12-5-4-9(13)7-11(12)15/h4-5,7,10H,2-3,8H2,1H3. The quantitative estimate of drug-likeness (QED) is 0.767. The Kier molecular flexibility index (Phi) is 2.95. The summed E-state index contributed by atoms with van der Waals surface area (Å²) < 4.78 is 18.7. The predicted molar refractivity (Wildman–Crippen MR) is 58.9 cm³/mol. The van der Waals surface area contributed by atoms with Crippen LogP contribution in [0.15, 0.2) is 18.2 Å². The molecule has 1 unspecified atom stereocenters. The summed E-state index contributed by atoms with van der Waals surface area (Å²) >= 11 is 0. The van der Waals surface area contributed by atoms with Crippen molar-refractivity contribution < 1.29 is 9.13 Å². The molecule has 0 aliphatic carbocycles. The molecule has 0 amide bonds. The number of fused-ring (bicyclic) bond motifs is 1. The Bertz CT molecular complexity index is 428. The Morgan fingerprint density at radius 3 is 3.19 bits per heavy atom. The lowest BCUT2D eigenvalue weighted by Crippen LogP contribution is -2.40. The van der Waals surface area contributed by atoms with Crippen LogP contribution in [-0.4, -0.2) is 19.7 Å². The minimum absolute atomic E-state index is 0.147. The van der Waals surface area contributed by atoms with E-state index < -0.39 is 0 Å². The van der Waals surface area contributed by atoms with Crippen LogP contribution in [-0.2, 0) is 0 Å². The minimum Gasteiger partial charge on any atom is -0.489 e. The van der Waals surface area contributed by atoms with Gasteiger partial charge in [0, 0.05) is 19.5 Å². The number of nitrogens with zero attached hydrogens (tertiary/aromatic N) is 2. The molecule has 1 aromatic carbocycles. The van der Waals surface area contributed by atoms with Crippen molar-refractivity contribution >= 4 is 5.69 Å². The number of hydrogen-bond donors (Lipinski definition) is 0. The first-order valence-corrected chi connectivity index (χ1v) is 5.24. The largest absolute Gasteiger partial charge is 0.489 e. The first-order valence-electron chi connectivity index (χ1n) is 5.24. The maximum absolute atomic E-state index is 13.1. The third-order valence-corrected chi connectivity index (χ3v) is 2.87. The van der Waals surface area contributed by atoms with Gasteiger partial charge in [0.1, 0.15) is 18.2 Å². The van der Waals surface area contributed by atoms with E-state index in [1.54, 1.807) is 6.07 Å². The van der Waals surface area contributed by atoms with Crippen molar-refractivity contribution in [2.24, 2.45) is 0 Å². The van der Waals surface area contributed by atoms with Crippen LogP contribution in [0.2, 0.25) is 0 Å². The van der Waals surface area contributed by atoms with Crippen molar-refractivity contribution in [1.82, 2.24) is 0 Å². The van der Waals surface area contributed by atoms with Crippen molar-refractivity contribution in [3.05, 3.63) is 24.0 Å². The number of benzene rings is 1. The lowest BCUT2D eigenvalue weighted by Gasteiger charge is -2.35. The molecule has 0 radical (unpaired) electrons. The van der Waals surface area contributed by atoms with Gasteiger partial charge in [-0.15, -0.1) is 0 Å². The maximum Gasteiger partial charge on any atom is 0.142 e. The fourth-order valence-electron chi connectivity index (χ4n) is 1.89. The van der Waals surface area contributed by atoms with E-state index >= 15 is 0 Å². The summed E-state index contributed by atoms with van der Waals surface area (Å²) in [4.78, 5) is 1.99. The predicted octanol–water partition coefficient (Wildman–Crippen LogP) is 2.33. The molecule has 0 bridgehead atoms. The monoisotopic (exact) mass is 220 g/mol. The molecule has 1 aromatic rings. The molecule has 0 fully saturated rings. The van der Waals surface area contributed by atoms with Crippen molar-refractivity contribution in [2.45, 2.75) is 18.9 Å². The highest BCUT2D eigenvalue weighted by atomic mass is 19.1. The van der Waals surface area contributed by atoms with Crippen molar-refractivity contribution in [3.8, 4) is 11.8 Å². The topological polar surface area (TPSA) is 36.3 Å². The Labute approximate surface area is 94.0 Å². The van der Waals surface area contributed by atoms with E-state index in [9.17, 15) is 4.39 Å². The summed E-state index contributed by atoms with van der Waals surface area (Å²) in [5, 5.41) is 8.55. The normalized spacial score (nSPS) is 18.6. The highest BCUT2D eigenvalue weighted by molar-refractivity contribution is 5.60. The van der Waals surface area contributed by atoms with Crippen LogP contribution in [0.25, 0.3) is 0 Å². The van der Waals surface area contributed by atoms with E-state index in [2.05, 4.69) is 6.07 Å². The van der Waals surface area contributed by atoms with Gasteiger partial charge >= 0.3 is 0 Å². The molecule has 0 N–H and O–H groups in total. The number of ether oxygens (including phenoxy) is 1. The molecule has 0 aromatic heterocycles. The summed E-state index contributed by atoms with van der Waals surface area (Å²) in [7, 11) is 1.91. The summed E-state index contributed by atoms with van der Waals surface area (Å²) in [5.74, 6) is 0.437. The molecule has 3 nitrogen and oxygen atoms in total. The molecule has 2 rings (SSSR count). The van der Waals surface area contributed by atoms with Crippen LogP contribution in [0.1, 0.15) is 12.8 Å². The van der Waals surface area contributed by atoms with Crippen LogP contribution in [0.4, 0.5) is 10.1 Å². The molecular formula is C12H13FN2O. The van der Waals surface area contributed by atoms with Crippen LogP contribution in [0.3, 0.4) is 0 Å². The second kappa shape index (κ2) is 4.40. The van der Waals surface area contributed by atoms with Crippen molar-refractivity contribution in [3.63, 3.8) is 0 Å². The molecular weight excluding hydrogens is 207 g/mol. The number of likely N-dealkylation sites (N-methyl/N-ethyl adjacent to an activating group) is 1. The fourth-order valence-corrected chi connectivity index (χ4v) is 1.89. The zero-order valence-electron chi connectivity index (χ0n) is 9.11. The van der Waals surface area contributed by atoms with Gasteiger partial charge in [0.15, 0.2) is 0 Å². The van der Waals surface area contributed by atoms with Crippen LogP contribution < -0.4 is 9.64 Å². The van der Waals surface area contributed by atoms with Gasteiger partial charge in [0.05, 0.1) is 17.8 Å². The fraction of sp³-hybridized carbons (Fsp3) is 0.417. The zero-order valence-corrected chi connectivity index (χ0v) is 9.11. The third-order valence-electron chi connectivity index (χ3n) is 2.87. The van der Waals surface area contributed by atoms with E-state index in [1.807, 2.05) is 11.9 Å². The number of hydrogen-bond acceptors (Lipinski definition) is 3. The number of halogens is 1. The number of anilines is 1. The third kappa shape index (κ3) is 1.94. The van der Waals surface area contributed by atoms with E-state index in [0.29, 0.717) is 18.8 Å². The number of nitriles is 1. The second-order valence-electron chi connectivity index (χ2n) is 3.88. The molecule has 0 saturated heterocycles. The highest BCUT2D eigenvalue weighted by Gasteiger charge is 2.24. The molecule has 16 heavy (non-hydrogen) atoms. The molecule has 4 heteroatoms. The summed E-state index contributed by atoms with van der Waals surface area (Å²) in [5.41, 5.74) is 0.759. The van der Waals surface area contributed by atoms with Crippen molar-refractivity contribution in [2.75, 3.05) is 18.6 Å². The van der Waals surface area contributed by atoms with Crippen LogP contribution in [0.5, 0.6) is 5.75 Å². The number of rotatable bonds is 2. The Morgan fingerprint density at radius 2 is 2.44 bits per heavy atom. The molecule has 0 spiro atoms. The molecule has 1 atom stereocenters. The van der Waals surface area contributed by atoms with Gasteiger partial charge < -0.3 is 9.64 Å². The average molecular weight is 220 g/mol. The van der Waals surface area contributed by atoms with E-state index in [0.717, 1.165) is 12.1 Å².